The Balaban J connectivity index is 1.07. The molecule has 2 heterocycles. The van der Waals surface area contributed by atoms with E-state index in [2.05, 4.69) is 205 Å². The molecule has 0 amide bonds. The standard InChI is InChI=1S/C54H35NOS/c1-3-14-36(15-4-1)42-18-7-8-19-43(42)38-28-32-40(33-29-38)55(41-34-30-39(31-35-41)44-21-11-23-47-46-20-9-10-27-51(46)56-52(44)47)50-26-13-25-49-48-24-12-22-45(53(48)57-54(49)50)37-16-5-2-6-17-37/h1-35H. The Morgan fingerprint density at radius 3 is 1.44 bits per heavy atom. The largest absolute Gasteiger partial charge is 0.455 e. The molecule has 0 saturated carbocycles. The van der Waals surface area contributed by atoms with Gasteiger partial charge in [-0.3, -0.25) is 0 Å². The molecule has 0 aliphatic rings. The molecule has 0 saturated heterocycles. The van der Waals surface area contributed by atoms with Crippen molar-refractivity contribution >= 4 is 70.5 Å². The van der Waals surface area contributed by atoms with Crippen molar-refractivity contribution in [2.24, 2.45) is 0 Å². The molecule has 2 aromatic heterocycles. The summed E-state index contributed by atoms with van der Waals surface area (Å²) in [5.41, 5.74) is 14.7. The summed E-state index contributed by atoms with van der Waals surface area (Å²) in [4.78, 5) is 2.42. The zero-order valence-electron chi connectivity index (χ0n) is 31.0. The van der Waals surface area contributed by atoms with E-state index < -0.39 is 0 Å². The smallest absolute Gasteiger partial charge is 0.143 e. The van der Waals surface area contributed by atoms with E-state index in [1.165, 1.54) is 53.6 Å². The van der Waals surface area contributed by atoms with Gasteiger partial charge in [0.25, 0.3) is 0 Å². The van der Waals surface area contributed by atoms with E-state index in [0.717, 1.165) is 50.1 Å². The van der Waals surface area contributed by atoms with Crippen LogP contribution in [0.2, 0.25) is 0 Å². The third-order valence-corrected chi connectivity index (χ3v) is 12.4. The van der Waals surface area contributed by atoms with Crippen LogP contribution < -0.4 is 4.90 Å². The maximum Gasteiger partial charge on any atom is 0.143 e. The quantitative estimate of drug-likeness (QED) is 0.162. The van der Waals surface area contributed by atoms with Crippen LogP contribution in [-0.4, -0.2) is 0 Å². The maximum absolute atomic E-state index is 6.45. The van der Waals surface area contributed by atoms with E-state index in [1.807, 2.05) is 23.5 Å². The molecule has 0 radical (unpaired) electrons. The molecule has 0 spiro atoms. The maximum atomic E-state index is 6.45. The highest BCUT2D eigenvalue weighted by molar-refractivity contribution is 7.27. The molecule has 9 aromatic carbocycles. The lowest BCUT2D eigenvalue weighted by atomic mass is 9.94. The molecule has 3 heteroatoms. The average molecular weight is 746 g/mol. The van der Waals surface area contributed by atoms with Gasteiger partial charge in [0, 0.05) is 43.2 Å². The minimum absolute atomic E-state index is 0.907. The Morgan fingerprint density at radius 1 is 0.316 bits per heavy atom. The van der Waals surface area contributed by atoms with Crippen molar-refractivity contribution in [2.45, 2.75) is 0 Å². The minimum Gasteiger partial charge on any atom is -0.455 e. The number of thiophene rings is 1. The van der Waals surface area contributed by atoms with Crippen LogP contribution in [0.4, 0.5) is 17.1 Å². The molecule has 0 N–H and O–H groups in total. The summed E-state index contributed by atoms with van der Waals surface area (Å²) < 4.78 is 9.00. The summed E-state index contributed by atoms with van der Waals surface area (Å²) in [5.74, 6) is 0. The number of hydrogen-bond acceptors (Lipinski definition) is 3. The molecule has 0 unspecified atom stereocenters. The number of hydrogen-bond donors (Lipinski definition) is 0. The first-order valence-corrected chi connectivity index (χ1v) is 20.2. The molecule has 11 rings (SSSR count). The summed E-state index contributed by atoms with van der Waals surface area (Å²) in [6, 6.07) is 76.2. The highest BCUT2D eigenvalue weighted by Gasteiger charge is 2.20. The first-order chi connectivity index (χ1) is 28.3. The van der Waals surface area contributed by atoms with Crippen LogP contribution in [0.5, 0.6) is 0 Å². The number of rotatable bonds is 7. The molecule has 2 nitrogen and oxygen atoms in total. The summed E-state index contributed by atoms with van der Waals surface area (Å²) in [6.07, 6.45) is 0. The van der Waals surface area contributed by atoms with E-state index in [0.29, 0.717) is 0 Å². The predicted molar refractivity (Wildman–Crippen MR) is 243 cm³/mol. The normalized spacial score (nSPS) is 11.5. The second-order valence-corrected chi connectivity index (χ2v) is 15.4. The van der Waals surface area contributed by atoms with E-state index >= 15 is 0 Å². The van der Waals surface area contributed by atoms with Crippen LogP contribution in [0.25, 0.3) is 86.6 Å². The van der Waals surface area contributed by atoms with Gasteiger partial charge in [-0.05, 0) is 75.3 Å². The van der Waals surface area contributed by atoms with Crippen LogP contribution >= 0.6 is 11.3 Å². The number of benzene rings is 9. The Hall–Kier alpha value is -7.20. The van der Waals surface area contributed by atoms with Crippen LogP contribution in [0.15, 0.2) is 217 Å². The highest BCUT2D eigenvalue weighted by atomic mass is 32.1. The number of furan rings is 1. The summed E-state index contributed by atoms with van der Waals surface area (Å²) in [6.45, 7) is 0. The van der Waals surface area contributed by atoms with Crippen LogP contribution in [0.1, 0.15) is 0 Å². The van der Waals surface area contributed by atoms with Crippen molar-refractivity contribution in [3.8, 4) is 44.5 Å². The third-order valence-electron chi connectivity index (χ3n) is 11.1. The molecule has 268 valence electrons. The molecule has 57 heavy (non-hydrogen) atoms. The van der Waals surface area contributed by atoms with Crippen molar-refractivity contribution in [1.29, 1.82) is 0 Å². The van der Waals surface area contributed by atoms with Crippen molar-refractivity contribution in [1.82, 2.24) is 0 Å². The van der Waals surface area contributed by atoms with E-state index in [1.54, 1.807) is 0 Å². The van der Waals surface area contributed by atoms with Gasteiger partial charge in [0.1, 0.15) is 11.2 Å². The van der Waals surface area contributed by atoms with Crippen molar-refractivity contribution in [3.05, 3.63) is 212 Å². The Labute approximate surface area is 335 Å². The molecule has 0 aliphatic heterocycles. The fourth-order valence-corrected chi connectivity index (χ4v) is 9.75. The molecule has 0 fully saturated rings. The topological polar surface area (TPSA) is 16.4 Å². The van der Waals surface area contributed by atoms with Gasteiger partial charge in [-0.2, -0.15) is 0 Å². The molecule has 11 aromatic rings. The summed E-state index contributed by atoms with van der Waals surface area (Å²) in [7, 11) is 0. The Bertz CT molecular complexity index is 3210. The number of nitrogens with zero attached hydrogens (tertiary/aromatic N) is 1. The lowest BCUT2D eigenvalue weighted by Gasteiger charge is -2.26. The van der Waals surface area contributed by atoms with E-state index in [9.17, 15) is 0 Å². The van der Waals surface area contributed by atoms with Crippen molar-refractivity contribution in [2.75, 3.05) is 4.90 Å². The fourth-order valence-electron chi connectivity index (χ4n) is 8.41. The van der Waals surface area contributed by atoms with E-state index in [4.69, 9.17) is 4.42 Å². The van der Waals surface area contributed by atoms with Crippen LogP contribution in [0.3, 0.4) is 0 Å². The van der Waals surface area contributed by atoms with Gasteiger partial charge in [-0.15, -0.1) is 11.3 Å². The highest BCUT2D eigenvalue weighted by Crippen LogP contribution is 2.48. The first kappa shape index (κ1) is 33.2. The van der Waals surface area contributed by atoms with Gasteiger partial charge in [0.15, 0.2) is 0 Å². The second-order valence-electron chi connectivity index (χ2n) is 14.4. The molecule has 0 aliphatic carbocycles. The zero-order chi connectivity index (χ0) is 37.7. The lowest BCUT2D eigenvalue weighted by Crippen LogP contribution is -2.10. The first-order valence-electron chi connectivity index (χ1n) is 19.3. The van der Waals surface area contributed by atoms with Gasteiger partial charge in [0.05, 0.1) is 10.4 Å². The van der Waals surface area contributed by atoms with Gasteiger partial charge < -0.3 is 9.32 Å². The predicted octanol–water partition coefficient (Wildman–Crippen LogP) is 16.1. The lowest BCUT2D eigenvalue weighted by molar-refractivity contribution is 0.670. The summed E-state index contributed by atoms with van der Waals surface area (Å²) >= 11 is 1.88. The van der Waals surface area contributed by atoms with Gasteiger partial charge in [-0.25, -0.2) is 0 Å². The van der Waals surface area contributed by atoms with Gasteiger partial charge in [-0.1, -0.05) is 176 Å². The van der Waals surface area contributed by atoms with E-state index in [-0.39, 0.29) is 0 Å². The van der Waals surface area contributed by atoms with Gasteiger partial charge in [0.2, 0.25) is 0 Å². The van der Waals surface area contributed by atoms with Gasteiger partial charge >= 0.3 is 0 Å². The van der Waals surface area contributed by atoms with Crippen molar-refractivity contribution < 1.29 is 4.42 Å². The molecular weight excluding hydrogens is 711 g/mol. The summed E-state index contributed by atoms with van der Waals surface area (Å²) in [5, 5.41) is 4.81. The van der Waals surface area contributed by atoms with Crippen LogP contribution in [-0.2, 0) is 0 Å². The van der Waals surface area contributed by atoms with Crippen LogP contribution in [0, 0.1) is 0 Å². The molecule has 0 bridgehead atoms. The number of fused-ring (bicyclic) bond motifs is 6. The second kappa shape index (κ2) is 13.8. The third kappa shape index (κ3) is 5.71. The SMILES string of the molecule is c1ccc(-c2ccccc2-c2ccc(N(c3ccc(-c4cccc5c4oc4ccccc45)cc3)c3cccc4c3sc3c(-c5ccccc5)cccc34)cc2)cc1. The monoisotopic (exact) mass is 745 g/mol. The zero-order valence-corrected chi connectivity index (χ0v) is 31.8. The van der Waals surface area contributed by atoms with Crippen molar-refractivity contribution in [3.63, 3.8) is 0 Å². The number of anilines is 3. The Kier molecular flexibility index (Phi) is 8.04. The molecule has 0 atom stereocenters. The average Bonchev–Trinajstić information content (AvgIpc) is 3.87. The Morgan fingerprint density at radius 2 is 0.772 bits per heavy atom. The number of para-hydroxylation sites is 2. The minimum atomic E-state index is 0.907. The molecular formula is C54H35NOS. The fraction of sp³-hybridized carbons (Fsp3) is 0.